The molecule has 2 aliphatic rings. The first-order chi connectivity index (χ1) is 16.4. The summed E-state index contributed by atoms with van der Waals surface area (Å²) < 4.78 is 7.58. The van der Waals surface area contributed by atoms with Crippen molar-refractivity contribution in [3.05, 3.63) is 72.8 Å². The molecule has 0 radical (unpaired) electrons. The number of hydrogen-bond acceptors (Lipinski definition) is 5. The Morgan fingerprint density at radius 1 is 1.09 bits per heavy atom. The van der Waals surface area contributed by atoms with E-state index in [9.17, 15) is 9.59 Å². The van der Waals surface area contributed by atoms with Crippen molar-refractivity contribution in [2.75, 3.05) is 18.8 Å². The molecule has 174 valence electrons. The number of aromatic nitrogens is 2. The van der Waals surface area contributed by atoms with Gasteiger partial charge in [-0.1, -0.05) is 24.8 Å². The number of nitrogen functional groups attached to an aromatic ring is 1. The molecule has 1 aromatic heterocycles. The van der Waals surface area contributed by atoms with Crippen molar-refractivity contribution in [1.29, 1.82) is 0 Å². The zero-order valence-corrected chi connectivity index (χ0v) is 18.8. The molecular formula is C26H27N5O3. The van der Waals surface area contributed by atoms with Crippen LogP contribution in [0.15, 0.2) is 67.3 Å². The summed E-state index contributed by atoms with van der Waals surface area (Å²) in [5.74, 6) is 1.05. The van der Waals surface area contributed by atoms with Gasteiger partial charge >= 0.3 is 0 Å². The van der Waals surface area contributed by atoms with Gasteiger partial charge in [0.15, 0.2) is 0 Å². The highest BCUT2D eigenvalue weighted by Gasteiger charge is 2.50. The van der Waals surface area contributed by atoms with Crippen LogP contribution in [0, 0.1) is 5.41 Å². The van der Waals surface area contributed by atoms with Crippen LogP contribution in [0.25, 0.3) is 11.3 Å². The SMILES string of the molecule is C=CC(=O)N1CC[C@]2(C1)C[C@@H](n1nc(-c3ccc(Oc4ccccc4)cc3)c(C(N)=O)c1N)C2. The number of para-hydroxylation sites is 1. The lowest BCUT2D eigenvalue weighted by Crippen LogP contribution is -2.42. The Morgan fingerprint density at radius 3 is 2.41 bits per heavy atom. The van der Waals surface area contributed by atoms with Gasteiger partial charge in [0, 0.05) is 18.7 Å². The summed E-state index contributed by atoms with van der Waals surface area (Å²) in [5, 5.41) is 4.72. The molecular weight excluding hydrogens is 430 g/mol. The third kappa shape index (κ3) is 3.81. The smallest absolute Gasteiger partial charge is 0.254 e. The Bertz CT molecular complexity index is 1240. The van der Waals surface area contributed by atoms with Crippen LogP contribution in [-0.2, 0) is 4.79 Å². The van der Waals surface area contributed by atoms with Crippen molar-refractivity contribution in [3.8, 4) is 22.8 Å². The van der Waals surface area contributed by atoms with Gasteiger partial charge in [-0.05, 0) is 67.2 Å². The Morgan fingerprint density at radius 2 is 1.76 bits per heavy atom. The Labute approximate surface area is 197 Å². The van der Waals surface area contributed by atoms with Gasteiger partial charge in [0.1, 0.15) is 28.6 Å². The lowest BCUT2D eigenvalue weighted by molar-refractivity contribution is -0.125. The zero-order valence-electron chi connectivity index (χ0n) is 18.8. The second-order valence-electron chi connectivity index (χ2n) is 9.13. The monoisotopic (exact) mass is 457 g/mol. The van der Waals surface area contributed by atoms with Gasteiger partial charge < -0.3 is 21.1 Å². The summed E-state index contributed by atoms with van der Waals surface area (Å²) in [6.07, 6.45) is 4.01. The van der Waals surface area contributed by atoms with E-state index in [0.29, 0.717) is 18.0 Å². The molecule has 4 N–H and O–H groups in total. The van der Waals surface area contributed by atoms with Crippen LogP contribution < -0.4 is 16.2 Å². The first-order valence-corrected chi connectivity index (χ1v) is 11.3. The van der Waals surface area contributed by atoms with Gasteiger partial charge in [0.25, 0.3) is 5.91 Å². The molecule has 1 spiro atoms. The van der Waals surface area contributed by atoms with Gasteiger partial charge in [0.05, 0.1) is 6.04 Å². The highest BCUT2D eigenvalue weighted by molar-refractivity contribution is 6.03. The number of amides is 2. The van der Waals surface area contributed by atoms with Gasteiger partial charge in [-0.2, -0.15) is 5.10 Å². The fraction of sp³-hybridized carbons (Fsp3) is 0.269. The molecule has 34 heavy (non-hydrogen) atoms. The number of nitrogens with two attached hydrogens (primary N) is 2. The van der Waals surface area contributed by atoms with E-state index in [1.54, 1.807) is 4.68 Å². The van der Waals surface area contributed by atoms with E-state index >= 15 is 0 Å². The van der Waals surface area contributed by atoms with Crippen LogP contribution in [0.5, 0.6) is 11.5 Å². The fourth-order valence-corrected chi connectivity index (χ4v) is 5.17. The molecule has 0 unspecified atom stereocenters. The summed E-state index contributed by atoms with van der Waals surface area (Å²) in [5.41, 5.74) is 13.6. The molecule has 0 bridgehead atoms. The predicted octanol–water partition coefficient (Wildman–Crippen LogP) is 3.76. The number of likely N-dealkylation sites (tertiary alicyclic amines) is 1. The largest absolute Gasteiger partial charge is 0.457 e. The Hall–Kier alpha value is -4.07. The molecule has 1 aliphatic heterocycles. The molecule has 3 aromatic rings. The minimum Gasteiger partial charge on any atom is -0.457 e. The van der Waals surface area contributed by atoms with Crippen molar-refractivity contribution in [2.24, 2.45) is 11.1 Å². The highest BCUT2D eigenvalue weighted by atomic mass is 16.5. The summed E-state index contributed by atoms with van der Waals surface area (Å²) >= 11 is 0. The average molecular weight is 458 g/mol. The molecule has 1 aliphatic carbocycles. The molecule has 1 saturated heterocycles. The summed E-state index contributed by atoms with van der Waals surface area (Å²) in [6, 6.07) is 16.9. The van der Waals surface area contributed by atoms with E-state index in [-0.39, 0.29) is 28.7 Å². The van der Waals surface area contributed by atoms with Crippen LogP contribution >= 0.6 is 0 Å². The quantitative estimate of drug-likeness (QED) is 0.547. The lowest BCUT2D eigenvalue weighted by Gasteiger charge is -2.45. The zero-order chi connectivity index (χ0) is 23.9. The third-order valence-corrected chi connectivity index (χ3v) is 6.91. The first kappa shape index (κ1) is 21.8. The molecule has 8 heteroatoms. The number of carbonyl (C=O) groups excluding carboxylic acids is 2. The van der Waals surface area contributed by atoms with Crippen LogP contribution in [0.1, 0.15) is 35.7 Å². The fourth-order valence-electron chi connectivity index (χ4n) is 5.17. The van der Waals surface area contributed by atoms with Crippen LogP contribution in [0.3, 0.4) is 0 Å². The number of nitrogens with zero attached hydrogens (tertiary/aromatic N) is 3. The molecule has 2 fully saturated rings. The molecule has 5 rings (SSSR count). The highest BCUT2D eigenvalue weighted by Crippen LogP contribution is 2.54. The predicted molar refractivity (Wildman–Crippen MR) is 129 cm³/mol. The Balaban J connectivity index is 1.36. The van der Waals surface area contributed by atoms with Crippen LogP contribution in [-0.4, -0.2) is 39.6 Å². The number of rotatable bonds is 6. The standard InChI is InChI=1S/C26H27N5O3/c1-2-21(32)30-13-12-26(16-30)14-18(15-26)31-24(27)22(25(28)33)23(29-31)17-8-10-20(11-9-17)34-19-6-4-3-5-7-19/h2-11,18H,1,12-16,27H2,(H2,28,33)/t18-,26+. The molecule has 1 saturated carbocycles. The van der Waals surface area contributed by atoms with Gasteiger partial charge in [-0.3, -0.25) is 9.59 Å². The molecule has 2 aromatic carbocycles. The lowest BCUT2D eigenvalue weighted by atomic mass is 9.65. The summed E-state index contributed by atoms with van der Waals surface area (Å²) in [4.78, 5) is 26.1. The first-order valence-electron chi connectivity index (χ1n) is 11.3. The van der Waals surface area contributed by atoms with Crippen LogP contribution in [0.4, 0.5) is 5.82 Å². The number of benzene rings is 2. The summed E-state index contributed by atoms with van der Waals surface area (Å²) in [6.45, 7) is 5.04. The van der Waals surface area contributed by atoms with E-state index in [1.165, 1.54) is 6.08 Å². The minimum atomic E-state index is -0.610. The van der Waals surface area contributed by atoms with E-state index in [0.717, 1.165) is 37.1 Å². The van der Waals surface area contributed by atoms with Gasteiger partial charge in [0.2, 0.25) is 5.91 Å². The van der Waals surface area contributed by atoms with Crippen molar-refractivity contribution < 1.29 is 14.3 Å². The van der Waals surface area contributed by atoms with E-state index in [1.807, 2.05) is 59.5 Å². The Kier molecular flexibility index (Phi) is 5.36. The maximum atomic E-state index is 12.3. The van der Waals surface area contributed by atoms with Crippen molar-refractivity contribution >= 4 is 17.6 Å². The molecule has 2 heterocycles. The normalized spacial score (nSPS) is 21.3. The van der Waals surface area contributed by atoms with E-state index in [4.69, 9.17) is 21.3 Å². The van der Waals surface area contributed by atoms with Crippen molar-refractivity contribution in [2.45, 2.75) is 25.3 Å². The maximum Gasteiger partial charge on any atom is 0.254 e. The maximum absolute atomic E-state index is 12.3. The molecule has 0 atom stereocenters. The van der Waals surface area contributed by atoms with Crippen molar-refractivity contribution in [3.63, 3.8) is 0 Å². The number of primary amides is 1. The average Bonchev–Trinajstić information content (AvgIpc) is 3.41. The van der Waals surface area contributed by atoms with Gasteiger partial charge in [-0.15, -0.1) is 0 Å². The summed E-state index contributed by atoms with van der Waals surface area (Å²) in [7, 11) is 0. The number of hydrogen-bond donors (Lipinski definition) is 2. The topological polar surface area (TPSA) is 116 Å². The number of anilines is 1. The third-order valence-electron chi connectivity index (χ3n) is 6.91. The van der Waals surface area contributed by atoms with Crippen LogP contribution in [0.2, 0.25) is 0 Å². The molecule has 8 nitrogen and oxygen atoms in total. The second kappa shape index (κ2) is 8.37. The van der Waals surface area contributed by atoms with E-state index < -0.39 is 5.91 Å². The van der Waals surface area contributed by atoms with Crippen molar-refractivity contribution in [1.82, 2.24) is 14.7 Å². The number of carbonyl (C=O) groups is 2. The molecule has 2 amide bonds. The van der Waals surface area contributed by atoms with E-state index in [2.05, 4.69) is 6.58 Å². The number of ether oxygens (including phenoxy) is 1. The minimum absolute atomic E-state index is 0.0306. The second-order valence-corrected chi connectivity index (χ2v) is 9.13. The van der Waals surface area contributed by atoms with Gasteiger partial charge in [-0.25, -0.2) is 4.68 Å².